The van der Waals surface area contributed by atoms with E-state index in [1.54, 1.807) is 18.2 Å². The smallest absolute Gasteiger partial charge is 0.269 e. The van der Waals surface area contributed by atoms with Crippen LogP contribution >= 0.6 is 12.2 Å². The number of nitrogens with two attached hydrogens (primary N) is 1. The minimum atomic E-state index is -0.635. The Morgan fingerprint density at radius 1 is 1.15 bits per heavy atom. The van der Waals surface area contributed by atoms with Gasteiger partial charge in [-0.2, -0.15) is 0 Å². The van der Waals surface area contributed by atoms with Crippen molar-refractivity contribution in [2.24, 2.45) is 5.73 Å². The molecule has 2 amide bonds. The van der Waals surface area contributed by atoms with Crippen molar-refractivity contribution >= 4 is 40.5 Å². The molecule has 0 atom stereocenters. The van der Waals surface area contributed by atoms with Crippen molar-refractivity contribution in [1.82, 2.24) is 5.32 Å². The van der Waals surface area contributed by atoms with Crippen LogP contribution in [0, 0.1) is 10.1 Å². The minimum Gasteiger partial charge on any atom is -0.484 e. The topological polar surface area (TPSA) is 137 Å². The number of nitro groups is 1. The van der Waals surface area contributed by atoms with Gasteiger partial charge in [0.15, 0.2) is 11.7 Å². The fraction of sp³-hybridized carbons (Fsp3) is 0.0625. The fourth-order valence-electron chi connectivity index (χ4n) is 1.94. The lowest BCUT2D eigenvalue weighted by Crippen LogP contribution is -2.37. The summed E-state index contributed by atoms with van der Waals surface area (Å²) in [7, 11) is 0. The third-order valence-electron chi connectivity index (χ3n) is 3.11. The summed E-state index contributed by atoms with van der Waals surface area (Å²) in [6, 6.07) is 11.7. The summed E-state index contributed by atoms with van der Waals surface area (Å²) in [5, 5.41) is 15.6. The number of nitro benzene ring substituents is 1. The number of amides is 2. The van der Waals surface area contributed by atoms with Gasteiger partial charge in [0.25, 0.3) is 17.5 Å². The zero-order valence-corrected chi connectivity index (χ0v) is 14.1. The summed E-state index contributed by atoms with van der Waals surface area (Å²) in [5.41, 5.74) is 5.77. The minimum absolute atomic E-state index is 0.0315. The fourth-order valence-corrected chi connectivity index (χ4v) is 2.16. The second-order valence-electron chi connectivity index (χ2n) is 4.95. The summed E-state index contributed by atoms with van der Waals surface area (Å²) in [4.78, 5) is 33.2. The summed E-state index contributed by atoms with van der Waals surface area (Å²) in [6.45, 7) is -0.350. The first kappa shape index (κ1) is 18.8. The van der Waals surface area contributed by atoms with Gasteiger partial charge in [-0.3, -0.25) is 25.0 Å². The summed E-state index contributed by atoms with van der Waals surface area (Å²) < 4.78 is 5.22. The maximum absolute atomic E-state index is 11.8. The maximum atomic E-state index is 11.8. The Morgan fingerprint density at radius 3 is 2.42 bits per heavy atom. The molecule has 2 aromatic carbocycles. The first-order chi connectivity index (χ1) is 12.4. The number of benzene rings is 2. The molecule has 0 aliphatic heterocycles. The van der Waals surface area contributed by atoms with Gasteiger partial charge in [0, 0.05) is 12.1 Å². The van der Waals surface area contributed by atoms with E-state index in [4.69, 9.17) is 22.7 Å². The molecule has 26 heavy (non-hydrogen) atoms. The van der Waals surface area contributed by atoms with Gasteiger partial charge in [-0.05, 0) is 36.5 Å². The number of hydrogen-bond acceptors (Lipinski definition) is 6. The molecule has 0 aromatic heterocycles. The number of hydrogen-bond donors (Lipinski definition) is 3. The number of non-ortho nitro benzene ring substituents is 1. The first-order valence-corrected chi connectivity index (χ1v) is 7.64. The molecule has 2 aromatic rings. The number of rotatable bonds is 6. The van der Waals surface area contributed by atoms with E-state index in [2.05, 4.69) is 10.6 Å². The van der Waals surface area contributed by atoms with Crippen LogP contribution in [-0.4, -0.2) is 28.5 Å². The number of nitrogens with one attached hydrogen (secondary N) is 2. The molecule has 0 aliphatic rings. The molecular formula is C16H14N4O5S. The number of ether oxygens (including phenoxy) is 1. The Morgan fingerprint density at radius 2 is 1.81 bits per heavy atom. The van der Waals surface area contributed by atoms with Crippen LogP contribution in [0.25, 0.3) is 0 Å². The Balaban J connectivity index is 1.87. The highest BCUT2D eigenvalue weighted by Crippen LogP contribution is 2.17. The van der Waals surface area contributed by atoms with Gasteiger partial charge in [-0.25, -0.2) is 0 Å². The van der Waals surface area contributed by atoms with Gasteiger partial charge in [-0.1, -0.05) is 12.1 Å². The molecule has 2 rings (SSSR count). The molecule has 0 unspecified atom stereocenters. The Labute approximate surface area is 153 Å². The predicted molar refractivity (Wildman–Crippen MR) is 97.9 cm³/mol. The van der Waals surface area contributed by atoms with E-state index in [0.717, 1.165) is 0 Å². The van der Waals surface area contributed by atoms with Crippen LogP contribution in [0.15, 0.2) is 48.5 Å². The lowest BCUT2D eigenvalue weighted by atomic mass is 10.1. The molecule has 0 aliphatic carbocycles. The number of primary amides is 1. The van der Waals surface area contributed by atoms with E-state index in [1.165, 1.54) is 30.3 Å². The van der Waals surface area contributed by atoms with Crippen molar-refractivity contribution in [2.45, 2.75) is 0 Å². The Hall–Kier alpha value is -3.53. The van der Waals surface area contributed by atoms with Crippen LogP contribution < -0.4 is 21.1 Å². The van der Waals surface area contributed by atoms with Crippen molar-refractivity contribution in [3.63, 3.8) is 0 Å². The molecule has 0 spiro atoms. The molecular weight excluding hydrogens is 360 g/mol. The summed E-state index contributed by atoms with van der Waals surface area (Å²) >= 11 is 5.01. The second-order valence-corrected chi connectivity index (χ2v) is 5.36. The lowest BCUT2D eigenvalue weighted by Gasteiger charge is -2.12. The van der Waals surface area contributed by atoms with E-state index in [-0.39, 0.29) is 23.0 Å². The molecule has 0 fully saturated rings. The maximum Gasteiger partial charge on any atom is 0.269 e. The highest BCUT2D eigenvalue weighted by atomic mass is 32.1. The van der Waals surface area contributed by atoms with Crippen molar-refractivity contribution in [3.05, 3.63) is 64.2 Å². The number of para-hydroxylation sites is 1. The van der Waals surface area contributed by atoms with Crippen molar-refractivity contribution < 1.29 is 19.2 Å². The third kappa shape index (κ3) is 5.24. The summed E-state index contributed by atoms with van der Waals surface area (Å²) in [5.74, 6) is -0.884. The van der Waals surface area contributed by atoms with E-state index in [0.29, 0.717) is 11.4 Å². The standard InChI is InChI=1S/C16H14N4O5S/c17-15(22)12-3-1-2-4-13(12)18-16(26)19-14(21)9-25-11-7-5-10(6-8-11)20(23)24/h1-8H,9H2,(H2,17,22)(H2,18,19,21,26). The third-order valence-corrected chi connectivity index (χ3v) is 3.32. The SMILES string of the molecule is NC(=O)c1ccccc1NC(=S)NC(=O)COc1ccc([N+](=O)[O-])cc1. The molecule has 0 heterocycles. The van der Waals surface area contributed by atoms with Gasteiger partial charge >= 0.3 is 0 Å². The van der Waals surface area contributed by atoms with Crippen molar-refractivity contribution in [3.8, 4) is 5.75 Å². The monoisotopic (exact) mass is 374 g/mol. The zero-order chi connectivity index (χ0) is 19.1. The second kappa shape index (κ2) is 8.53. The van der Waals surface area contributed by atoms with E-state index in [1.807, 2.05) is 0 Å². The molecule has 134 valence electrons. The van der Waals surface area contributed by atoms with Crippen LogP contribution in [0.1, 0.15) is 10.4 Å². The Bertz CT molecular complexity index is 854. The van der Waals surface area contributed by atoms with Crippen molar-refractivity contribution in [2.75, 3.05) is 11.9 Å². The first-order valence-electron chi connectivity index (χ1n) is 7.23. The van der Waals surface area contributed by atoms with E-state index in [9.17, 15) is 19.7 Å². The van der Waals surface area contributed by atoms with E-state index >= 15 is 0 Å². The lowest BCUT2D eigenvalue weighted by molar-refractivity contribution is -0.384. The van der Waals surface area contributed by atoms with E-state index < -0.39 is 16.7 Å². The number of anilines is 1. The van der Waals surface area contributed by atoms with Crippen LogP contribution in [0.3, 0.4) is 0 Å². The van der Waals surface area contributed by atoms with Gasteiger partial charge in [-0.15, -0.1) is 0 Å². The van der Waals surface area contributed by atoms with Crippen LogP contribution in [0.4, 0.5) is 11.4 Å². The van der Waals surface area contributed by atoms with Gasteiger partial charge in [0.05, 0.1) is 16.2 Å². The van der Waals surface area contributed by atoms with Crippen LogP contribution in [0.5, 0.6) is 5.75 Å². The van der Waals surface area contributed by atoms with Gasteiger partial charge in [0.2, 0.25) is 0 Å². The highest BCUT2D eigenvalue weighted by molar-refractivity contribution is 7.80. The predicted octanol–water partition coefficient (Wildman–Crippen LogP) is 1.59. The normalized spacial score (nSPS) is 9.85. The number of thiocarbonyl (C=S) groups is 1. The van der Waals surface area contributed by atoms with Gasteiger partial charge < -0.3 is 15.8 Å². The largest absolute Gasteiger partial charge is 0.484 e. The molecule has 0 saturated heterocycles. The Kier molecular flexibility index (Phi) is 6.17. The average molecular weight is 374 g/mol. The highest BCUT2D eigenvalue weighted by Gasteiger charge is 2.11. The number of nitrogens with zero attached hydrogens (tertiary/aromatic N) is 1. The average Bonchev–Trinajstić information content (AvgIpc) is 2.60. The molecule has 0 radical (unpaired) electrons. The molecule has 9 nitrogen and oxygen atoms in total. The molecule has 0 saturated carbocycles. The quantitative estimate of drug-likeness (QED) is 0.397. The number of carbonyl (C=O) groups is 2. The number of carbonyl (C=O) groups excluding carboxylic acids is 2. The zero-order valence-electron chi connectivity index (χ0n) is 13.3. The van der Waals surface area contributed by atoms with Crippen molar-refractivity contribution in [1.29, 1.82) is 0 Å². The molecule has 0 bridgehead atoms. The molecule has 4 N–H and O–H groups in total. The van der Waals surface area contributed by atoms with Gasteiger partial charge in [0.1, 0.15) is 5.75 Å². The van der Waals surface area contributed by atoms with Crippen LogP contribution in [-0.2, 0) is 4.79 Å². The van der Waals surface area contributed by atoms with Crippen LogP contribution in [0.2, 0.25) is 0 Å². The molecule has 10 heteroatoms. The summed E-state index contributed by atoms with van der Waals surface area (Å²) in [6.07, 6.45) is 0.